The summed E-state index contributed by atoms with van der Waals surface area (Å²) in [5.74, 6) is 0.0999. The average Bonchev–Trinajstić information content (AvgIpc) is 3.12. The zero-order valence-corrected chi connectivity index (χ0v) is 16.5. The highest BCUT2D eigenvalue weighted by atomic mass is 32.1. The summed E-state index contributed by atoms with van der Waals surface area (Å²) in [7, 11) is 1.86. The molecule has 1 amide bonds. The molecule has 6 heteroatoms. The molecule has 0 bridgehead atoms. The lowest BCUT2D eigenvalue weighted by molar-refractivity contribution is 0.0750. The van der Waals surface area contributed by atoms with E-state index < -0.39 is 0 Å². The number of hydrogen-bond donors (Lipinski definition) is 0. The van der Waals surface area contributed by atoms with Crippen molar-refractivity contribution in [3.05, 3.63) is 39.8 Å². The van der Waals surface area contributed by atoms with Crippen LogP contribution < -0.4 is 0 Å². The fraction of sp³-hybridized carbons (Fsp3) is 0.579. The molecule has 0 unspecified atom stereocenters. The van der Waals surface area contributed by atoms with E-state index in [1.807, 2.05) is 18.0 Å². The van der Waals surface area contributed by atoms with Gasteiger partial charge in [-0.05, 0) is 34.9 Å². The number of aryl methyl sites for hydroxylation is 1. The third kappa shape index (κ3) is 4.30. The van der Waals surface area contributed by atoms with Crippen molar-refractivity contribution < 1.29 is 4.79 Å². The molecule has 0 aromatic carbocycles. The summed E-state index contributed by atoms with van der Waals surface area (Å²) in [4.78, 5) is 17.4. The van der Waals surface area contributed by atoms with E-state index >= 15 is 0 Å². The number of hydrogen-bond acceptors (Lipinski definition) is 4. The van der Waals surface area contributed by atoms with Crippen LogP contribution in [0, 0.1) is 0 Å². The van der Waals surface area contributed by atoms with Crippen LogP contribution in [0.3, 0.4) is 0 Å². The van der Waals surface area contributed by atoms with E-state index in [0.29, 0.717) is 5.69 Å². The molecule has 0 N–H and O–H groups in total. The molecule has 0 saturated carbocycles. The van der Waals surface area contributed by atoms with Crippen LogP contribution in [0.2, 0.25) is 0 Å². The van der Waals surface area contributed by atoms with Crippen molar-refractivity contribution in [1.82, 2.24) is 19.6 Å². The molecule has 1 aliphatic heterocycles. The number of rotatable bonds is 3. The van der Waals surface area contributed by atoms with Gasteiger partial charge in [0.15, 0.2) is 0 Å². The first kappa shape index (κ1) is 18.1. The van der Waals surface area contributed by atoms with E-state index in [9.17, 15) is 4.79 Å². The Morgan fingerprint density at radius 1 is 1.24 bits per heavy atom. The van der Waals surface area contributed by atoms with Crippen LogP contribution in [0.5, 0.6) is 0 Å². The van der Waals surface area contributed by atoms with Crippen molar-refractivity contribution >= 4 is 17.2 Å². The standard InChI is InChI=1S/C19H28N4OS/c1-19(2,3)17-12-16(21(4)20-17)18(24)23-8-5-7-22(9-10-23)13-15-6-11-25-14-15/h6,11-12,14H,5,7-10,13H2,1-4H3. The molecule has 3 rings (SSSR count). The molecule has 1 aliphatic rings. The number of nitrogens with zero attached hydrogens (tertiary/aromatic N) is 4. The van der Waals surface area contributed by atoms with Crippen molar-refractivity contribution in [3.63, 3.8) is 0 Å². The van der Waals surface area contributed by atoms with Crippen LogP contribution in [0.25, 0.3) is 0 Å². The van der Waals surface area contributed by atoms with Crippen LogP contribution in [0.1, 0.15) is 48.9 Å². The van der Waals surface area contributed by atoms with Gasteiger partial charge in [-0.25, -0.2) is 0 Å². The molecule has 1 fully saturated rings. The Labute approximate surface area is 154 Å². The van der Waals surface area contributed by atoms with Gasteiger partial charge in [0.2, 0.25) is 0 Å². The fourth-order valence-corrected chi connectivity index (χ4v) is 3.83. The Morgan fingerprint density at radius 2 is 2.04 bits per heavy atom. The zero-order valence-electron chi connectivity index (χ0n) is 15.7. The lowest BCUT2D eigenvalue weighted by Crippen LogP contribution is -2.36. The lowest BCUT2D eigenvalue weighted by Gasteiger charge is -2.21. The highest BCUT2D eigenvalue weighted by Crippen LogP contribution is 2.22. The first-order valence-electron chi connectivity index (χ1n) is 8.92. The molecule has 3 heterocycles. The average molecular weight is 361 g/mol. The fourth-order valence-electron chi connectivity index (χ4n) is 3.17. The number of amides is 1. The van der Waals surface area contributed by atoms with Crippen LogP contribution in [-0.4, -0.2) is 51.7 Å². The zero-order chi connectivity index (χ0) is 18.0. The van der Waals surface area contributed by atoms with E-state index in [0.717, 1.165) is 44.8 Å². The molecule has 0 atom stereocenters. The minimum atomic E-state index is -0.0492. The second-order valence-electron chi connectivity index (χ2n) is 7.84. The van der Waals surface area contributed by atoms with E-state index in [4.69, 9.17) is 0 Å². The Balaban J connectivity index is 1.66. The molecule has 5 nitrogen and oxygen atoms in total. The maximum atomic E-state index is 13.0. The van der Waals surface area contributed by atoms with Gasteiger partial charge in [-0.2, -0.15) is 16.4 Å². The second-order valence-corrected chi connectivity index (χ2v) is 8.62. The summed E-state index contributed by atoms with van der Waals surface area (Å²) >= 11 is 1.74. The topological polar surface area (TPSA) is 41.4 Å². The van der Waals surface area contributed by atoms with E-state index in [2.05, 4.69) is 47.6 Å². The third-order valence-electron chi connectivity index (χ3n) is 4.73. The van der Waals surface area contributed by atoms with Gasteiger partial charge in [0, 0.05) is 45.2 Å². The minimum Gasteiger partial charge on any atom is -0.336 e. The molecule has 2 aromatic rings. The predicted molar refractivity (Wildman–Crippen MR) is 102 cm³/mol. The van der Waals surface area contributed by atoms with Crippen molar-refractivity contribution in [1.29, 1.82) is 0 Å². The predicted octanol–water partition coefficient (Wildman–Crippen LogP) is 3.13. The summed E-state index contributed by atoms with van der Waals surface area (Å²) in [6, 6.07) is 4.14. The largest absolute Gasteiger partial charge is 0.336 e. The van der Waals surface area contributed by atoms with Crippen molar-refractivity contribution in [2.75, 3.05) is 26.2 Å². The molecule has 2 aromatic heterocycles. The van der Waals surface area contributed by atoms with Gasteiger partial charge in [-0.15, -0.1) is 0 Å². The van der Waals surface area contributed by atoms with Crippen molar-refractivity contribution in [2.24, 2.45) is 7.05 Å². The van der Waals surface area contributed by atoms with Gasteiger partial charge in [-0.1, -0.05) is 20.8 Å². The van der Waals surface area contributed by atoms with Gasteiger partial charge in [-0.3, -0.25) is 14.4 Å². The third-order valence-corrected chi connectivity index (χ3v) is 5.46. The van der Waals surface area contributed by atoms with Gasteiger partial charge < -0.3 is 4.90 Å². The number of carbonyl (C=O) groups is 1. The van der Waals surface area contributed by atoms with Gasteiger partial charge in [0.25, 0.3) is 5.91 Å². The van der Waals surface area contributed by atoms with Crippen LogP contribution in [-0.2, 0) is 19.0 Å². The highest BCUT2D eigenvalue weighted by molar-refractivity contribution is 7.07. The van der Waals surface area contributed by atoms with E-state index in [1.54, 1.807) is 16.0 Å². The molecule has 0 radical (unpaired) electrons. The van der Waals surface area contributed by atoms with E-state index in [-0.39, 0.29) is 11.3 Å². The monoisotopic (exact) mass is 360 g/mol. The second kappa shape index (κ2) is 7.30. The first-order valence-corrected chi connectivity index (χ1v) is 9.86. The summed E-state index contributed by atoms with van der Waals surface area (Å²) in [6.07, 6.45) is 1.01. The quantitative estimate of drug-likeness (QED) is 0.844. The highest BCUT2D eigenvalue weighted by Gasteiger charge is 2.26. The molecule has 1 saturated heterocycles. The molecular weight excluding hydrogens is 332 g/mol. The smallest absolute Gasteiger partial charge is 0.272 e. The van der Waals surface area contributed by atoms with Gasteiger partial charge >= 0.3 is 0 Å². The maximum absolute atomic E-state index is 13.0. The molecule has 0 aliphatic carbocycles. The Morgan fingerprint density at radius 3 is 2.68 bits per heavy atom. The number of aromatic nitrogens is 2. The van der Waals surface area contributed by atoms with Crippen molar-refractivity contribution in [2.45, 2.75) is 39.2 Å². The number of carbonyl (C=O) groups excluding carboxylic acids is 1. The van der Waals surface area contributed by atoms with Crippen molar-refractivity contribution in [3.8, 4) is 0 Å². The Bertz CT molecular complexity index is 714. The summed E-state index contributed by atoms with van der Waals surface area (Å²) < 4.78 is 1.73. The Kier molecular flexibility index (Phi) is 5.29. The van der Waals surface area contributed by atoms with Gasteiger partial charge in [0.05, 0.1) is 5.69 Å². The lowest BCUT2D eigenvalue weighted by atomic mass is 9.92. The summed E-state index contributed by atoms with van der Waals surface area (Å²) in [5, 5.41) is 8.88. The van der Waals surface area contributed by atoms with E-state index in [1.165, 1.54) is 5.56 Å². The molecule has 0 spiro atoms. The van der Waals surface area contributed by atoms with Crippen LogP contribution >= 0.6 is 11.3 Å². The number of thiophene rings is 1. The molecular formula is C19H28N4OS. The normalized spacial score (nSPS) is 16.9. The summed E-state index contributed by atoms with van der Waals surface area (Å²) in [6.45, 7) is 10.9. The first-order chi connectivity index (χ1) is 11.8. The summed E-state index contributed by atoms with van der Waals surface area (Å²) in [5.41, 5.74) is 2.97. The minimum absolute atomic E-state index is 0.0492. The maximum Gasteiger partial charge on any atom is 0.272 e. The van der Waals surface area contributed by atoms with Gasteiger partial charge in [0.1, 0.15) is 5.69 Å². The Hall–Kier alpha value is -1.66. The van der Waals surface area contributed by atoms with Crippen LogP contribution in [0.15, 0.2) is 22.9 Å². The van der Waals surface area contributed by atoms with Crippen LogP contribution in [0.4, 0.5) is 0 Å². The SMILES string of the molecule is Cn1nc(C(C)(C)C)cc1C(=O)N1CCCN(Cc2ccsc2)CC1. The molecule has 25 heavy (non-hydrogen) atoms. The molecule has 136 valence electrons.